The SMILES string of the molecule is CNC(=O)c1ccc(N2CCC(CN3Cc4cc5c(cc4C3)C(=O)N(C3CCC(=O)NC3=O)C5=O)CC2)cc1. The average Bonchev–Trinajstić information content (AvgIpc) is 3.44. The predicted molar refractivity (Wildman–Crippen MR) is 142 cm³/mol. The van der Waals surface area contributed by atoms with Crippen LogP contribution in [-0.4, -0.2) is 72.1 Å². The number of nitrogens with zero attached hydrogens (tertiary/aromatic N) is 3. The number of hydrogen-bond donors (Lipinski definition) is 2. The van der Waals surface area contributed by atoms with E-state index in [1.165, 1.54) is 0 Å². The van der Waals surface area contributed by atoms with E-state index in [-0.39, 0.29) is 24.7 Å². The number of benzene rings is 2. The highest BCUT2D eigenvalue weighted by molar-refractivity contribution is 6.23. The number of fused-ring (bicyclic) bond motifs is 2. The van der Waals surface area contributed by atoms with Crippen LogP contribution in [0.2, 0.25) is 0 Å². The van der Waals surface area contributed by atoms with Gasteiger partial charge in [0.2, 0.25) is 11.8 Å². The lowest BCUT2D eigenvalue weighted by Crippen LogP contribution is -2.54. The molecule has 0 spiro atoms. The average molecular weight is 530 g/mol. The third-order valence-electron chi connectivity index (χ3n) is 8.40. The number of anilines is 1. The lowest BCUT2D eigenvalue weighted by Gasteiger charge is -2.35. The van der Waals surface area contributed by atoms with Crippen LogP contribution in [0.3, 0.4) is 0 Å². The molecule has 10 nitrogen and oxygen atoms in total. The van der Waals surface area contributed by atoms with Gasteiger partial charge in [-0.2, -0.15) is 0 Å². The van der Waals surface area contributed by atoms with Gasteiger partial charge in [0.05, 0.1) is 11.1 Å². The minimum Gasteiger partial charge on any atom is -0.372 e. The lowest BCUT2D eigenvalue weighted by atomic mass is 9.95. The molecule has 2 aromatic rings. The number of hydrogen-bond acceptors (Lipinski definition) is 7. The smallest absolute Gasteiger partial charge is 0.262 e. The minimum atomic E-state index is -0.943. The predicted octanol–water partition coefficient (Wildman–Crippen LogP) is 1.68. The molecular weight excluding hydrogens is 498 g/mol. The van der Waals surface area contributed by atoms with Gasteiger partial charge in [-0.3, -0.25) is 39.1 Å². The molecule has 2 fully saturated rings. The van der Waals surface area contributed by atoms with Crippen LogP contribution in [0.4, 0.5) is 5.69 Å². The second-order valence-electron chi connectivity index (χ2n) is 10.8. The van der Waals surface area contributed by atoms with Crippen molar-refractivity contribution in [3.63, 3.8) is 0 Å². The first-order chi connectivity index (χ1) is 18.8. The Labute approximate surface area is 226 Å². The number of piperidine rings is 2. The van der Waals surface area contributed by atoms with Crippen LogP contribution in [0.15, 0.2) is 36.4 Å². The molecule has 202 valence electrons. The molecule has 4 aliphatic rings. The normalized spacial score (nSPS) is 21.7. The molecule has 1 unspecified atom stereocenters. The molecule has 0 radical (unpaired) electrons. The molecule has 0 bridgehead atoms. The van der Waals surface area contributed by atoms with Crippen LogP contribution in [0, 0.1) is 5.92 Å². The summed E-state index contributed by atoms with van der Waals surface area (Å²) in [7, 11) is 1.63. The minimum absolute atomic E-state index is 0.0857. The molecule has 2 N–H and O–H groups in total. The summed E-state index contributed by atoms with van der Waals surface area (Å²) < 4.78 is 0. The summed E-state index contributed by atoms with van der Waals surface area (Å²) in [5, 5.41) is 4.88. The lowest BCUT2D eigenvalue weighted by molar-refractivity contribution is -0.136. The maximum absolute atomic E-state index is 13.1. The Morgan fingerprint density at radius 2 is 1.54 bits per heavy atom. The van der Waals surface area contributed by atoms with Gasteiger partial charge in [-0.15, -0.1) is 0 Å². The number of imide groups is 2. The van der Waals surface area contributed by atoms with Gasteiger partial charge in [0, 0.05) is 57.4 Å². The first-order valence-electron chi connectivity index (χ1n) is 13.5. The summed E-state index contributed by atoms with van der Waals surface area (Å²) in [6.45, 7) is 4.32. The van der Waals surface area contributed by atoms with E-state index >= 15 is 0 Å². The van der Waals surface area contributed by atoms with E-state index in [2.05, 4.69) is 20.4 Å². The van der Waals surface area contributed by atoms with Gasteiger partial charge in [0.15, 0.2) is 0 Å². The first-order valence-corrected chi connectivity index (χ1v) is 13.5. The van der Waals surface area contributed by atoms with Gasteiger partial charge in [-0.25, -0.2) is 0 Å². The molecule has 39 heavy (non-hydrogen) atoms. The molecular formula is C29H31N5O5. The fourth-order valence-electron chi connectivity index (χ4n) is 6.27. The standard InChI is InChI=1S/C29H31N5O5/c1-30-26(36)18-2-4-21(5-3-18)33-10-8-17(9-11-33)14-32-15-19-12-22-23(13-20(19)16-32)29(39)34(28(22)38)24-6-7-25(35)31-27(24)37/h2-5,12-13,17,24H,6-11,14-16H2,1H3,(H,30,36)(H,31,35,37). The Balaban J connectivity index is 1.06. The van der Waals surface area contributed by atoms with Crippen molar-refractivity contribution >= 4 is 35.2 Å². The largest absolute Gasteiger partial charge is 0.372 e. The highest BCUT2D eigenvalue weighted by atomic mass is 16.2. The molecule has 0 aliphatic carbocycles. The molecule has 1 atom stereocenters. The Morgan fingerprint density at radius 3 is 2.10 bits per heavy atom. The summed E-state index contributed by atoms with van der Waals surface area (Å²) in [5.41, 5.74) is 4.58. The molecule has 4 aliphatic heterocycles. The van der Waals surface area contributed by atoms with E-state index in [1.54, 1.807) is 7.05 Å². The molecule has 0 saturated carbocycles. The Hall–Kier alpha value is -4.05. The van der Waals surface area contributed by atoms with Gasteiger partial charge in [-0.05, 0) is 72.7 Å². The van der Waals surface area contributed by atoms with Crippen molar-refractivity contribution in [2.75, 3.05) is 31.6 Å². The zero-order valence-electron chi connectivity index (χ0n) is 21.9. The van der Waals surface area contributed by atoms with Crippen molar-refractivity contribution in [3.8, 4) is 0 Å². The molecule has 4 heterocycles. The van der Waals surface area contributed by atoms with Crippen molar-refractivity contribution < 1.29 is 24.0 Å². The molecule has 2 aromatic carbocycles. The fraction of sp³-hybridized carbons (Fsp3) is 0.414. The summed E-state index contributed by atoms with van der Waals surface area (Å²) in [4.78, 5) is 67.7. The van der Waals surface area contributed by atoms with Crippen molar-refractivity contribution in [2.24, 2.45) is 5.92 Å². The van der Waals surface area contributed by atoms with Crippen molar-refractivity contribution in [1.82, 2.24) is 20.4 Å². The molecule has 6 rings (SSSR count). The van der Waals surface area contributed by atoms with Gasteiger partial charge in [-0.1, -0.05) is 0 Å². The molecule has 5 amide bonds. The van der Waals surface area contributed by atoms with Gasteiger partial charge >= 0.3 is 0 Å². The fourth-order valence-corrected chi connectivity index (χ4v) is 6.27. The Kier molecular flexibility index (Phi) is 6.42. The highest BCUT2D eigenvalue weighted by Crippen LogP contribution is 2.34. The zero-order valence-corrected chi connectivity index (χ0v) is 21.9. The number of nitrogens with one attached hydrogen (secondary N) is 2. The summed E-state index contributed by atoms with van der Waals surface area (Å²) >= 11 is 0. The van der Waals surface area contributed by atoms with E-state index in [0.29, 0.717) is 22.6 Å². The van der Waals surface area contributed by atoms with Gasteiger partial charge in [0.25, 0.3) is 17.7 Å². The monoisotopic (exact) mass is 529 g/mol. The topological polar surface area (TPSA) is 119 Å². The summed E-state index contributed by atoms with van der Waals surface area (Å²) in [6.07, 6.45) is 2.40. The van der Waals surface area contributed by atoms with Crippen LogP contribution in [0.25, 0.3) is 0 Å². The number of amides is 5. The molecule has 0 aromatic heterocycles. The second kappa shape index (κ2) is 9.92. The third-order valence-corrected chi connectivity index (χ3v) is 8.40. The quantitative estimate of drug-likeness (QED) is 0.566. The van der Waals surface area contributed by atoms with Crippen molar-refractivity contribution in [2.45, 2.75) is 44.8 Å². The maximum atomic E-state index is 13.1. The van der Waals surface area contributed by atoms with E-state index in [0.717, 1.165) is 67.3 Å². The van der Waals surface area contributed by atoms with Crippen LogP contribution < -0.4 is 15.5 Å². The second-order valence-corrected chi connectivity index (χ2v) is 10.8. The van der Waals surface area contributed by atoms with Crippen LogP contribution in [-0.2, 0) is 22.7 Å². The highest BCUT2D eigenvalue weighted by Gasteiger charge is 2.45. The van der Waals surface area contributed by atoms with E-state index in [9.17, 15) is 24.0 Å². The first kappa shape index (κ1) is 25.2. The van der Waals surface area contributed by atoms with Crippen LogP contribution in [0.1, 0.15) is 67.9 Å². The summed E-state index contributed by atoms with van der Waals surface area (Å²) in [5.74, 6) is -1.42. The third kappa shape index (κ3) is 4.58. The van der Waals surface area contributed by atoms with E-state index in [1.807, 2.05) is 36.4 Å². The van der Waals surface area contributed by atoms with Gasteiger partial charge < -0.3 is 10.2 Å². The van der Waals surface area contributed by atoms with Crippen LogP contribution >= 0.6 is 0 Å². The molecule has 10 heteroatoms. The van der Waals surface area contributed by atoms with E-state index < -0.39 is 23.8 Å². The Bertz CT molecular complexity index is 1330. The number of carbonyl (C=O) groups excluding carboxylic acids is 5. The number of carbonyl (C=O) groups is 5. The number of rotatable bonds is 5. The van der Waals surface area contributed by atoms with E-state index in [4.69, 9.17) is 0 Å². The molecule has 2 saturated heterocycles. The zero-order chi connectivity index (χ0) is 27.3. The van der Waals surface area contributed by atoms with Crippen LogP contribution in [0.5, 0.6) is 0 Å². The summed E-state index contributed by atoms with van der Waals surface area (Å²) in [6, 6.07) is 10.4. The maximum Gasteiger partial charge on any atom is 0.262 e. The Morgan fingerprint density at radius 1 is 0.923 bits per heavy atom. The van der Waals surface area contributed by atoms with Gasteiger partial charge in [0.1, 0.15) is 6.04 Å². The van der Waals surface area contributed by atoms with Crippen molar-refractivity contribution in [1.29, 1.82) is 0 Å². The van der Waals surface area contributed by atoms with Crippen molar-refractivity contribution in [3.05, 3.63) is 64.2 Å².